The number of hydrogen-bond donors (Lipinski definition) is 1. The zero-order valence-electron chi connectivity index (χ0n) is 12.1. The first kappa shape index (κ1) is 14.8. The average molecular weight is 283 g/mol. The third-order valence-electron chi connectivity index (χ3n) is 4.00. The Bertz CT molecular complexity index is 552. The Morgan fingerprint density at radius 2 is 2.00 bits per heavy atom. The zero-order chi connectivity index (χ0) is 15.1. The van der Waals surface area contributed by atoms with E-state index in [1.165, 1.54) is 13.1 Å². The molecule has 5 heteroatoms. The minimum Gasteiger partial charge on any atom is -0.437 e. The second kappa shape index (κ2) is 4.72. The number of nitrogens with one attached hydrogen (secondary N) is 1. The van der Waals surface area contributed by atoms with Crippen LogP contribution in [0.4, 0.5) is 13.6 Å². The highest BCUT2D eigenvalue weighted by molar-refractivity contribution is 5.68. The van der Waals surface area contributed by atoms with Crippen LogP contribution in [-0.2, 0) is 16.8 Å². The molecular formula is C15H19F2NO2. The molecule has 0 spiro atoms. The normalized spacial score (nSPS) is 21.5. The third kappa shape index (κ3) is 2.15. The summed E-state index contributed by atoms with van der Waals surface area (Å²) in [6.07, 6.45) is 0.271. The van der Waals surface area contributed by atoms with Crippen molar-refractivity contribution >= 4 is 6.09 Å². The van der Waals surface area contributed by atoms with Gasteiger partial charge in [0, 0.05) is 24.1 Å². The Kier molecular flexibility index (Phi) is 3.48. The quantitative estimate of drug-likeness (QED) is 0.856. The van der Waals surface area contributed by atoms with Crippen LogP contribution in [0.25, 0.3) is 0 Å². The van der Waals surface area contributed by atoms with E-state index in [9.17, 15) is 13.6 Å². The molecule has 1 unspecified atom stereocenters. The summed E-state index contributed by atoms with van der Waals surface area (Å²) in [6.45, 7) is 5.69. The molecule has 0 saturated heterocycles. The maximum atomic E-state index is 13.9. The van der Waals surface area contributed by atoms with Gasteiger partial charge in [0.25, 0.3) is 0 Å². The molecule has 2 rings (SSSR count). The fourth-order valence-electron chi connectivity index (χ4n) is 2.90. The third-order valence-corrected chi connectivity index (χ3v) is 4.00. The first-order valence-electron chi connectivity index (χ1n) is 6.60. The van der Waals surface area contributed by atoms with Crippen LogP contribution in [0.3, 0.4) is 0 Å². The van der Waals surface area contributed by atoms with Crippen LogP contribution >= 0.6 is 0 Å². The van der Waals surface area contributed by atoms with Crippen molar-refractivity contribution in [3.8, 4) is 0 Å². The average Bonchev–Trinajstić information content (AvgIpc) is 2.69. The van der Waals surface area contributed by atoms with Crippen LogP contribution in [0.15, 0.2) is 12.1 Å². The lowest BCUT2D eigenvalue weighted by molar-refractivity contribution is -0.0723. The first-order valence-corrected chi connectivity index (χ1v) is 6.60. The Morgan fingerprint density at radius 3 is 2.55 bits per heavy atom. The van der Waals surface area contributed by atoms with Crippen LogP contribution in [0.5, 0.6) is 0 Å². The van der Waals surface area contributed by atoms with E-state index in [0.29, 0.717) is 24.0 Å². The van der Waals surface area contributed by atoms with Crippen molar-refractivity contribution in [2.45, 2.75) is 39.2 Å². The summed E-state index contributed by atoms with van der Waals surface area (Å²) in [5, 5.41) is 2.40. The van der Waals surface area contributed by atoms with E-state index in [4.69, 9.17) is 4.74 Å². The molecule has 1 N–H and O–H groups in total. The highest BCUT2D eigenvalue weighted by Crippen LogP contribution is 2.52. The first-order chi connectivity index (χ1) is 9.21. The van der Waals surface area contributed by atoms with Crippen LogP contribution in [-0.4, -0.2) is 13.1 Å². The fraction of sp³-hybridized carbons (Fsp3) is 0.533. The molecule has 20 heavy (non-hydrogen) atoms. The minimum absolute atomic E-state index is 0.426. The number of hydrogen-bond acceptors (Lipinski definition) is 2. The number of alkyl carbamates (subject to hydrolysis) is 1. The van der Waals surface area contributed by atoms with Gasteiger partial charge < -0.3 is 10.1 Å². The number of halogens is 2. The summed E-state index contributed by atoms with van der Waals surface area (Å²) < 4.78 is 33.0. The number of benzene rings is 1. The lowest BCUT2D eigenvalue weighted by atomic mass is 9.72. The molecule has 3 nitrogen and oxygen atoms in total. The minimum atomic E-state index is -1.02. The van der Waals surface area contributed by atoms with Crippen molar-refractivity contribution < 1.29 is 18.3 Å². The maximum Gasteiger partial charge on any atom is 0.407 e. The highest BCUT2D eigenvalue weighted by Gasteiger charge is 2.52. The number of rotatable bonds is 1. The molecule has 0 bridgehead atoms. The predicted molar refractivity (Wildman–Crippen MR) is 71.4 cm³/mol. The number of amides is 1. The summed E-state index contributed by atoms with van der Waals surface area (Å²) in [7, 11) is 1.46. The fourth-order valence-corrected chi connectivity index (χ4v) is 2.90. The van der Waals surface area contributed by atoms with Gasteiger partial charge in [-0.05, 0) is 24.5 Å². The molecule has 1 aromatic carbocycles. The number of carbonyl (C=O) groups is 1. The van der Waals surface area contributed by atoms with Crippen LogP contribution in [0.2, 0.25) is 0 Å². The van der Waals surface area contributed by atoms with Crippen LogP contribution < -0.4 is 5.32 Å². The van der Waals surface area contributed by atoms with Crippen molar-refractivity contribution in [2.24, 2.45) is 5.41 Å². The Labute approximate surface area is 117 Å². The Balaban J connectivity index is 2.61. The van der Waals surface area contributed by atoms with Crippen LogP contribution in [0, 0.1) is 17.0 Å². The highest BCUT2D eigenvalue weighted by atomic mass is 19.1. The smallest absolute Gasteiger partial charge is 0.407 e. The Hall–Kier alpha value is -1.65. The second-order valence-electron chi connectivity index (χ2n) is 6.13. The van der Waals surface area contributed by atoms with Gasteiger partial charge in [-0.1, -0.05) is 20.8 Å². The molecule has 1 aliphatic rings. The summed E-state index contributed by atoms with van der Waals surface area (Å²) in [5.41, 5.74) is -0.632. The van der Waals surface area contributed by atoms with Gasteiger partial charge >= 0.3 is 6.09 Å². The summed E-state index contributed by atoms with van der Waals surface area (Å²) in [5.74, 6) is -1.23. The summed E-state index contributed by atoms with van der Waals surface area (Å²) in [4.78, 5) is 11.7. The van der Waals surface area contributed by atoms with Crippen molar-refractivity contribution in [3.05, 3.63) is 34.9 Å². The zero-order valence-corrected chi connectivity index (χ0v) is 12.1. The number of carbonyl (C=O) groups excluding carboxylic acids is 1. The molecule has 110 valence electrons. The van der Waals surface area contributed by atoms with Crippen molar-refractivity contribution in [1.29, 1.82) is 0 Å². The molecule has 1 aliphatic carbocycles. The monoisotopic (exact) mass is 283 g/mol. The van der Waals surface area contributed by atoms with Gasteiger partial charge in [-0.2, -0.15) is 0 Å². The van der Waals surface area contributed by atoms with E-state index >= 15 is 0 Å². The number of ether oxygens (including phenoxy) is 1. The van der Waals surface area contributed by atoms with E-state index in [1.807, 2.05) is 20.8 Å². The Morgan fingerprint density at radius 1 is 1.35 bits per heavy atom. The molecule has 1 aromatic rings. The van der Waals surface area contributed by atoms with Gasteiger partial charge in [0.1, 0.15) is 17.2 Å². The van der Waals surface area contributed by atoms with Crippen molar-refractivity contribution in [3.63, 3.8) is 0 Å². The lowest BCUT2D eigenvalue weighted by Crippen LogP contribution is -2.44. The number of fused-ring (bicyclic) bond motifs is 1. The molecule has 0 fully saturated rings. The van der Waals surface area contributed by atoms with Crippen LogP contribution in [0.1, 0.15) is 38.3 Å². The molecule has 0 aliphatic heterocycles. The maximum absolute atomic E-state index is 13.9. The van der Waals surface area contributed by atoms with Gasteiger partial charge in [0.05, 0.1) is 0 Å². The SMILES string of the molecule is CNC(=O)OC1(C(C)(C)C)CCc2c(F)cc(F)cc21. The molecule has 0 radical (unpaired) electrons. The molecule has 0 heterocycles. The second-order valence-corrected chi connectivity index (χ2v) is 6.13. The predicted octanol–water partition coefficient (Wildman–Crippen LogP) is 3.51. The topological polar surface area (TPSA) is 38.3 Å². The summed E-state index contributed by atoms with van der Waals surface area (Å²) >= 11 is 0. The van der Waals surface area contributed by atoms with E-state index in [1.54, 1.807) is 0 Å². The van der Waals surface area contributed by atoms with E-state index in [2.05, 4.69) is 5.32 Å². The lowest BCUT2D eigenvalue weighted by Gasteiger charge is -2.41. The summed E-state index contributed by atoms with van der Waals surface area (Å²) in [6, 6.07) is 2.15. The largest absolute Gasteiger partial charge is 0.437 e. The van der Waals surface area contributed by atoms with Gasteiger partial charge in [-0.25, -0.2) is 13.6 Å². The molecule has 0 aromatic heterocycles. The van der Waals surface area contributed by atoms with Gasteiger partial charge in [0.15, 0.2) is 0 Å². The van der Waals surface area contributed by atoms with Gasteiger partial charge in [0.2, 0.25) is 0 Å². The van der Waals surface area contributed by atoms with E-state index in [0.717, 1.165) is 6.07 Å². The molecule has 1 atom stereocenters. The van der Waals surface area contributed by atoms with Gasteiger partial charge in [-0.3, -0.25) is 0 Å². The standard InChI is InChI=1S/C15H19F2NO2/c1-14(2,3)15(20-13(19)18-4)6-5-10-11(15)7-9(16)8-12(10)17/h7-8H,5-6H2,1-4H3,(H,18,19). The van der Waals surface area contributed by atoms with E-state index < -0.39 is 28.7 Å². The molecule has 0 saturated carbocycles. The van der Waals surface area contributed by atoms with Crippen molar-refractivity contribution in [1.82, 2.24) is 5.32 Å². The molecular weight excluding hydrogens is 264 g/mol. The van der Waals surface area contributed by atoms with Gasteiger partial charge in [-0.15, -0.1) is 0 Å². The van der Waals surface area contributed by atoms with Crippen molar-refractivity contribution in [2.75, 3.05) is 7.05 Å². The van der Waals surface area contributed by atoms with E-state index in [-0.39, 0.29) is 0 Å². The molecule has 1 amide bonds.